The van der Waals surface area contributed by atoms with Crippen LogP contribution in [-0.2, 0) is 9.59 Å². The van der Waals surface area contributed by atoms with Gasteiger partial charge in [0.2, 0.25) is 11.8 Å². The van der Waals surface area contributed by atoms with E-state index in [0.29, 0.717) is 22.8 Å². The number of hydrogen-bond donors (Lipinski definition) is 1. The maximum Gasteiger partial charge on any atom is 0.229 e. The highest BCUT2D eigenvalue weighted by Gasteiger charge is 2.35. The number of carbonyl (C=O) groups is 3. The minimum atomic E-state index is -0.437. The molecule has 0 unspecified atom stereocenters. The Bertz CT molecular complexity index is 877. The quantitative estimate of drug-likeness (QED) is 0.831. The summed E-state index contributed by atoms with van der Waals surface area (Å²) in [7, 11) is 0. The fraction of sp³-hybridized carbons (Fsp3) is 0.250. The van der Waals surface area contributed by atoms with Gasteiger partial charge in [0.1, 0.15) is 0 Å². The van der Waals surface area contributed by atoms with Crippen molar-refractivity contribution in [2.75, 3.05) is 16.8 Å². The number of Topliss-reactive ketones (excluding diaryl/α,β-unsaturated/α-hetero) is 1. The van der Waals surface area contributed by atoms with E-state index in [1.807, 2.05) is 13.0 Å². The molecule has 1 atom stereocenters. The van der Waals surface area contributed by atoms with Gasteiger partial charge < -0.3 is 10.2 Å². The smallest absolute Gasteiger partial charge is 0.229 e. The van der Waals surface area contributed by atoms with Crippen molar-refractivity contribution in [2.24, 2.45) is 5.92 Å². The number of anilines is 2. The fourth-order valence-corrected chi connectivity index (χ4v) is 3.21. The lowest BCUT2D eigenvalue weighted by atomic mass is 10.1. The van der Waals surface area contributed by atoms with Crippen LogP contribution < -0.4 is 10.2 Å². The molecule has 6 heteroatoms. The van der Waals surface area contributed by atoms with Gasteiger partial charge in [-0.25, -0.2) is 0 Å². The number of ketones is 1. The van der Waals surface area contributed by atoms with Crippen molar-refractivity contribution < 1.29 is 14.4 Å². The van der Waals surface area contributed by atoms with E-state index in [0.717, 1.165) is 11.3 Å². The molecule has 0 spiro atoms. The first kappa shape index (κ1) is 18.1. The zero-order chi connectivity index (χ0) is 18.8. The maximum atomic E-state index is 12.5. The summed E-state index contributed by atoms with van der Waals surface area (Å²) in [6, 6.07) is 12.1. The van der Waals surface area contributed by atoms with Gasteiger partial charge in [-0.15, -0.1) is 0 Å². The Morgan fingerprint density at radius 2 is 1.85 bits per heavy atom. The summed E-state index contributed by atoms with van der Waals surface area (Å²) < 4.78 is 0. The van der Waals surface area contributed by atoms with Gasteiger partial charge in [-0.05, 0) is 55.8 Å². The van der Waals surface area contributed by atoms with Crippen LogP contribution in [0.2, 0.25) is 5.02 Å². The molecule has 1 heterocycles. The van der Waals surface area contributed by atoms with Gasteiger partial charge in [0.15, 0.2) is 5.78 Å². The molecule has 1 fully saturated rings. The van der Waals surface area contributed by atoms with Gasteiger partial charge in [-0.3, -0.25) is 14.4 Å². The third kappa shape index (κ3) is 3.63. The van der Waals surface area contributed by atoms with Crippen molar-refractivity contribution in [3.05, 3.63) is 58.6 Å². The summed E-state index contributed by atoms with van der Waals surface area (Å²) in [4.78, 5) is 37.8. The van der Waals surface area contributed by atoms with Gasteiger partial charge in [-0.1, -0.05) is 17.7 Å². The number of benzene rings is 2. The predicted octanol–water partition coefficient (Wildman–Crippen LogP) is 3.84. The van der Waals surface area contributed by atoms with Crippen molar-refractivity contribution in [3.63, 3.8) is 0 Å². The average molecular weight is 371 g/mol. The molecular formula is C20H19ClN2O3. The molecular weight excluding hydrogens is 352 g/mol. The second-order valence-corrected chi connectivity index (χ2v) is 6.82. The van der Waals surface area contributed by atoms with E-state index in [1.54, 1.807) is 41.3 Å². The SMILES string of the molecule is CC(=O)c1ccc(NC(=O)[C@H]2CC(=O)N(c3cccc(Cl)c3C)C2)cc1. The first-order valence-electron chi connectivity index (χ1n) is 8.34. The fourth-order valence-electron chi connectivity index (χ4n) is 3.04. The van der Waals surface area contributed by atoms with Crippen LogP contribution in [0.3, 0.4) is 0 Å². The second kappa shape index (κ2) is 7.30. The van der Waals surface area contributed by atoms with Gasteiger partial charge in [0.25, 0.3) is 0 Å². The van der Waals surface area contributed by atoms with E-state index in [9.17, 15) is 14.4 Å². The molecule has 1 aliphatic rings. The number of hydrogen-bond acceptors (Lipinski definition) is 3. The highest BCUT2D eigenvalue weighted by atomic mass is 35.5. The van der Waals surface area contributed by atoms with Gasteiger partial charge in [0, 0.05) is 34.9 Å². The highest BCUT2D eigenvalue weighted by molar-refractivity contribution is 6.31. The van der Waals surface area contributed by atoms with Crippen molar-refractivity contribution in [2.45, 2.75) is 20.3 Å². The zero-order valence-electron chi connectivity index (χ0n) is 14.6. The lowest BCUT2D eigenvalue weighted by molar-refractivity contribution is -0.122. The molecule has 1 saturated heterocycles. The van der Waals surface area contributed by atoms with Crippen molar-refractivity contribution in [3.8, 4) is 0 Å². The summed E-state index contributed by atoms with van der Waals surface area (Å²) in [5.74, 6) is -0.774. The number of nitrogens with zero attached hydrogens (tertiary/aromatic N) is 1. The second-order valence-electron chi connectivity index (χ2n) is 6.41. The molecule has 0 saturated carbocycles. The molecule has 0 aliphatic carbocycles. The molecule has 0 bridgehead atoms. The molecule has 0 aromatic heterocycles. The van der Waals surface area contributed by atoms with E-state index in [1.165, 1.54) is 6.92 Å². The van der Waals surface area contributed by atoms with Crippen molar-refractivity contribution in [1.29, 1.82) is 0 Å². The Labute approximate surface area is 156 Å². The van der Waals surface area contributed by atoms with E-state index in [2.05, 4.69) is 5.32 Å². The van der Waals surface area contributed by atoms with Crippen LogP contribution in [0.5, 0.6) is 0 Å². The highest BCUT2D eigenvalue weighted by Crippen LogP contribution is 2.31. The molecule has 26 heavy (non-hydrogen) atoms. The summed E-state index contributed by atoms with van der Waals surface area (Å²) in [5, 5.41) is 3.40. The van der Waals surface area contributed by atoms with Crippen molar-refractivity contribution in [1.82, 2.24) is 0 Å². The summed E-state index contributed by atoms with van der Waals surface area (Å²) in [6.07, 6.45) is 0.156. The lowest BCUT2D eigenvalue weighted by Crippen LogP contribution is -2.28. The van der Waals surface area contributed by atoms with Crippen molar-refractivity contribution >= 4 is 40.6 Å². The number of amides is 2. The molecule has 134 valence electrons. The largest absolute Gasteiger partial charge is 0.326 e. The van der Waals surface area contributed by atoms with Crippen LogP contribution in [0.1, 0.15) is 29.3 Å². The van der Waals surface area contributed by atoms with Crippen LogP contribution in [-0.4, -0.2) is 24.1 Å². The Hall–Kier alpha value is -2.66. The first-order valence-corrected chi connectivity index (χ1v) is 8.72. The van der Waals surface area contributed by atoms with E-state index >= 15 is 0 Å². The number of nitrogens with one attached hydrogen (secondary N) is 1. The third-order valence-corrected chi connectivity index (χ3v) is 4.99. The average Bonchev–Trinajstić information content (AvgIpc) is 2.99. The zero-order valence-corrected chi connectivity index (χ0v) is 15.3. The summed E-state index contributed by atoms with van der Waals surface area (Å²) in [6.45, 7) is 3.66. The monoisotopic (exact) mass is 370 g/mol. The molecule has 2 amide bonds. The first-order chi connectivity index (χ1) is 12.4. The molecule has 0 radical (unpaired) electrons. The standard InChI is InChI=1S/C20H19ClN2O3/c1-12-17(21)4-3-5-18(12)23-11-15(10-19(23)25)20(26)22-16-8-6-14(7-9-16)13(2)24/h3-9,15H,10-11H2,1-2H3,(H,22,26)/t15-/m0/s1. The molecule has 3 rings (SSSR count). The number of rotatable bonds is 4. The molecule has 1 aliphatic heterocycles. The predicted molar refractivity (Wildman–Crippen MR) is 102 cm³/mol. The Morgan fingerprint density at radius 3 is 2.50 bits per heavy atom. The molecule has 1 N–H and O–H groups in total. The molecule has 2 aromatic carbocycles. The normalized spacial score (nSPS) is 16.7. The van der Waals surface area contributed by atoms with E-state index in [-0.39, 0.29) is 24.0 Å². The van der Waals surface area contributed by atoms with E-state index in [4.69, 9.17) is 11.6 Å². The number of halogens is 1. The number of carbonyl (C=O) groups excluding carboxylic acids is 3. The Morgan fingerprint density at radius 1 is 1.15 bits per heavy atom. The Balaban J connectivity index is 1.71. The van der Waals surface area contributed by atoms with Gasteiger partial charge in [-0.2, -0.15) is 0 Å². The molecule has 5 nitrogen and oxygen atoms in total. The van der Waals surface area contributed by atoms with Crippen LogP contribution >= 0.6 is 11.6 Å². The third-order valence-electron chi connectivity index (χ3n) is 4.58. The minimum Gasteiger partial charge on any atom is -0.326 e. The minimum absolute atomic E-state index is 0.0307. The van der Waals surface area contributed by atoms with Crippen LogP contribution in [0, 0.1) is 12.8 Å². The maximum absolute atomic E-state index is 12.5. The lowest BCUT2D eigenvalue weighted by Gasteiger charge is -2.19. The Kier molecular flexibility index (Phi) is 5.09. The van der Waals surface area contributed by atoms with E-state index < -0.39 is 5.92 Å². The van der Waals surface area contributed by atoms with Crippen LogP contribution in [0.25, 0.3) is 0 Å². The van der Waals surface area contributed by atoms with Gasteiger partial charge >= 0.3 is 0 Å². The summed E-state index contributed by atoms with van der Waals surface area (Å²) in [5.41, 5.74) is 2.75. The van der Waals surface area contributed by atoms with Crippen LogP contribution in [0.4, 0.5) is 11.4 Å². The van der Waals surface area contributed by atoms with Gasteiger partial charge in [0.05, 0.1) is 5.92 Å². The topological polar surface area (TPSA) is 66.5 Å². The summed E-state index contributed by atoms with van der Waals surface area (Å²) >= 11 is 6.14. The molecule has 2 aromatic rings. The van der Waals surface area contributed by atoms with Crippen LogP contribution in [0.15, 0.2) is 42.5 Å².